The van der Waals surface area contributed by atoms with Gasteiger partial charge in [-0.3, -0.25) is 4.68 Å². The zero-order valence-electron chi connectivity index (χ0n) is 12.2. The lowest BCUT2D eigenvalue weighted by molar-refractivity contribution is 0.277. The third-order valence-corrected chi connectivity index (χ3v) is 5.07. The molecule has 0 spiro atoms. The summed E-state index contributed by atoms with van der Waals surface area (Å²) in [4.78, 5) is 0. The molecule has 0 aliphatic heterocycles. The van der Waals surface area contributed by atoms with E-state index in [-0.39, 0.29) is 0 Å². The van der Waals surface area contributed by atoms with E-state index >= 15 is 0 Å². The highest BCUT2D eigenvalue weighted by molar-refractivity contribution is 4.98. The van der Waals surface area contributed by atoms with Gasteiger partial charge in [-0.05, 0) is 50.0 Å². The molecule has 0 aromatic carbocycles. The van der Waals surface area contributed by atoms with Crippen LogP contribution in [-0.2, 0) is 13.5 Å². The first-order chi connectivity index (χ1) is 9.24. The van der Waals surface area contributed by atoms with Crippen LogP contribution in [0.1, 0.15) is 44.7 Å². The molecule has 0 amide bonds. The van der Waals surface area contributed by atoms with Crippen LogP contribution in [0, 0.1) is 17.8 Å². The number of rotatable bonds is 6. The lowest BCUT2D eigenvalue weighted by Gasteiger charge is -2.26. The quantitative estimate of drug-likeness (QED) is 0.854. The SMILES string of the molecule is CCNC(Cc1cn(C)nn1)CC1CC2CCC1C2. The van der Waals surface area contributed by atoms with E-state index in [1.54, 1.807) is 4.68 Å². The zero-order chi connectivity index (χ0) is 13.2. The summed E-state index contributed by atoms with van der Waals surface area (Å²) in [5.41, 5.74) is 1.12. The van der Waals surface area contributed by atoms with Gasteiger partial charge in [-0.25, -0.2) is 0 Å². The number of nitrogens with one attached hydrogen (secondary N) is 1. The van der Waals surface area contributed by atoms with Crippen molar-refractivity contribution in [2.24, 2.45) is 24.8 Å². The minimum atomic E-state index is 0.575. The summed E-state index contributed by atoms with van der Waals surface area (Å²) in [6.45, 7) is 3.25. The Morgan fingerprint density at radius 2 is 2.32 bits per heavy atom. The second kappa shape index (κ2) is 5.61. The maximum atomic E-state index is 4.23. The number of hydrogen-bond acceptors (Lipinski definition) is 3. The lowest BCUT2D eigenvalue weighted by atomic mass is 9.83. The van der Waals surface area contributed by atoms with Gasteiger partial charge in [0.1, 0.15) is 0 Å². The lowest BCUT2D eigenvalue weighted by Crippen LogP contribution is -2.34. The molecule has 4 nitrogen and oxygen atoms in total. The van der Waals surface area contributed by atoms with Gasteiger partial charge in [0, 0.05) is 25.7 Å². The maximum absolute atomic E-state index is 4.23. The molecular weight excluding hydrogens is 236 g/mol. The van der Waals surface area contributed by atoms with Crippen molar-refractivity contribution in [3.05, 3.63) is 11.9 Å². The molecule has 2 fully saturated rings. The Morgan fingerprint density at radius 1 is 1.42 bits per heavy atom. The van der Waals surface area contributed by atoms with E-state index in [1.807, 2.05) is 13.2 Å². The number of likely N-dealkylation sites (N-methyl/N-ethyl adjacent to an activating group) is 1. The third kappa shape index (κ3) is 2.99. The Morgan fingerprint density at radius 3 is 2.89 bits per heavy atom. The van der Waals surface area contributed by atoms with E-state index in [0.29, 0.717) is 6.04 Å². The maximum Gasteiger partial charge on any atom is 0.0842 e. The first-order valence-corrected chi connectivity index (χ1v) is 7.83. The highest BCUT2D eigenvalue weighted by Gasteiger charge is 2.40. The molecule has 2 aliphatic carbocycles. The number of fused-ring (bicyclic) bond motifs is 2. The number of aryl methyl sites for hydroxylation is 1. The molecule has 2 bridgehead atoms. The molecule has 2 aliphatic rings. The molecule has 2 saturated carbocycles. The minimum absolute atomic E-state index is 0.575. The van der Waals surface area contributed by atoms with Crippen molar-refractivity contribution >= 4 is 0 Å². The number of hydrogen-bond donors (Lipinski definition) is 1. The van der Waals surface area contributed by atoms with Gasteiger partial charge >= 0.3 is 0 Å². The molecule has 0 saturated heterocycles. The van der Waals surface area contributed by atoms with Crippen LogP contribution in [0.25, 0.3) is 0 Å². The van der Waals surface area contributed by atoms with Crippen molar-refractivity contribution in [3.8, 4) is 0 Å². The van der Waals surface area contributed by atoms with Gasteiger partial charge in [-0.15, -0.1) is 5.10 Å². The minimum Gasteiger partial charge on any atom is -0.314 e. The first-order valence-electron chi connectivity index (χ1n) is 7.83. The smallest absolute Gasteiger partial charge is 0.0842 e. The summed E-state index contributed by atoms with van der Waals surface area (Å²) < 4.78 is 1.80. The Labute approximate surface area is 116 Å². The van der Waals surface area contributed by atoms with Gasteiger partial charge in [0.25, 0.3) is 0 Å². The van der Waals surface area contributed by atoms with E-state index in [2.05, 4.69) is 22.6 Å². The normalized spacial score (nSPS) is 30.9. The third-order valence-electron chi connectivity index (χ3n) is 5.07. The van der Waals surface area contributed by atoms with Crippen LogP contribution in [0.15, 0.2) is 6.20 Å². The molecule has 106 valence electrons. The van der Waals surface area contributed by atoms with Gasteiger partial charge < -0.3 is 5.32 Å². The van der Waals surface area contributed by atoms with Crippen LogP contribution in [0.2, 0.25) is 0 Å². The van der Waals surface area contributed by atoms with E-state index < -0.39 is 0 Å². The average molecular weight is 262 g/mol. The molecule has 4 atom stereocenters. The van der Waals surface area contributed by atoms with Gasteiger partial charge in [-0.2, -0.15) is 0 Å². The van der Waals surface area contributed by atoms with E-state index in [9.17, 15) is 0 Å². The van der Waals surface area contributed by atoms with Gasteiger partial charge in [-0.1, -0.05) is 18.6 Å². The van der Waals surface area contributed by atoms with E-state index in [1.165, 1.54) is 32.1 Å². The highest BCUT2D eigenvalue weighted by atomic mass is 15.4. The molecule has 4 unspecified atom stereocenters. The van der Waals surface area contributed by atoms with Crippen molar-refractivity contribution in [1.29, 1.82) is 0 Å². The van der Waals surface area contributed by atoms with Gasteiger partial charge in [0.05, 0.1) is 5.69 Å². The second-order valence-corrected chi connectivity index (χ2v) is 6.51. The van der Waals surface area contributed by atoms with Crippen LogP contribution >= 0.6 is 0 Å². The fourth-order valence-electron chi connectivity index (χ4n) is 4.30. The summed E-state index contributed by atoms with van der Waals surface area (Å²) in [6, 6.07) is 0.575. The zero-order valence-corrected chi connectivity index (χ0v) is 12.2. The standard InChI is InChI=1S/C15H26N4/c1-3-16-14(9-15-10-19(2)18-17-15)8-13-7-11-4-5-12(13)6-11/h10-14,16H,3-9H2,1-2H3. The predicted molar refractivity (Wildman–Crippen MR) is 75.7 cm³/mol. The fraction of sp³-hybridized carbons (Fsp3) is 0.867. The van der Waals surface area contributed by atoms with E-state index in [4.69, 9.17) is 0 Å². The summed E-state index contributed by atoms with van der Waals surface area (Å²) in [7, 11) is 1.94. The van der Waals surface area contributed by atoms with Crippen molar-refractivity contribution < 1.29 is 0 Å². The van der Waals surface area contributed by atoms with Crippen molar-refractivity contribution in [2.45, 2.75) is 51.5 Å². The van der Waals surface area contributed by atoms with Crippen molar-refractivity contribution in [3.63, 3.8) is 0 Å². The second-order valence-electron chi connectivity index (χ2n) is 6.51. The average Bonchev–Trinajstić information content (AvgIpc) is 3.06. The van der Waals surface area contributed by atoms with E-state index in [0.717, 1.165) is 36.4 Å². The van der Waals surface area contributed by atoms with Crippen molar-refractivity contribution in [1.82, 2.24) is 20.3 Å². The van der Waals surface area contributed by atoms with Crippen LogP contribution in [0.3, 0.4) is 0 Å². The summed E-state index contributed by atoms with van der Waals surface area (Å²) in [5, 5.41) is 11.9. The Kier molecular flexibility index (Phi) is 3.87. The van der Waals surface area contributed by atoms with Crippen molar-refractivity contribution in [2.75, 3.05) is 6.54 Å². The monoisotopic (exact) mass is 262 g/mol. The Bertz CT molecular complexity index is 414. The molecule has 1 aromatic rings. The van der Waals surface area contributed by atoms with Gasteiger partial charge in [0.2, 0.25) is 0 Å². The Balaban J connectivity index is 1.58. The van der Waals surface area contributed by atoms with Crippen LogP contribution in [0.4, 0.5) is 0 Å². The predicted octanol–water partition coefficient (Wildman–Crippen LogP) is 2.16. The highest BCUT2D eigenvalue weighted by Crippen LogP contribution is 2.49. The molecule has 3 rings (SSSR count). The van der Waals surface area contributed by atoms with Crippen LogP contribution in [0.5, 0.6) is 0 Å². The molecule has 1 heterocycles. The molecule has 1 N–H and O–H groups in total. The number of aromatic nitrogens is 3. The largest absolute Gasteiger partial charge is 0.314 e. The fourth-order valence-corrected chi connectivity index (χ4v) is 4.30. The topological polar surface area (TPSA) is 42.7 Å². The molecule has 1 aromatic heterocycles. The van der Waals surface area contributed by atoms with Gasteiger partial charge in [0.15, 0.2) is 0 Å². The van der Waals surface area contributed by atoms with Crippen LogP contribution < -0.4 is 5.32 Å². The summed E-state index contributed by atoms with van der Waals surface area (Å²) >= 11 is 0. The molecular formula is C15H26N4. The first kappa shape index (κ1) is 13.1. The summed E-state index contributed by atoms with van der Waals surface area (Å²) in [6.07, 6.45) is 10.4. The van der Waals surface area contributed by atoms with Crippen LogP contribution in [-0.4, -0.2) is 27.6 Å². The molecule has 4 heteroatoms. The molecule has 0 radical (unpaired) electrons. The Hall–Kier alpha value is -0.900. The molecule has 19 heavy (non-hydrogen) atoms. The summed E-state index contributed by atoms with van der Waals surface area (Å²) in [5.74, 6) is 3.03. The number of nitrogens with zero attached hydrogens (tertiary/aromatic N) is 3.